The van der Waals surface area contributed by atoms with Crippen molar-refractivity contribution in [2.24, 2.45) is 0 Å². The van der Waals surface area contributed by atoms with E-state index in [2.05, 4.69) is 15.0 Å². The molecule has 176 valence electrons. The summed E-state index contributed by atoms with van der Waals surface area (Å²) in [6.45, 7) is 7.16. The van der Waals surface area contributed by atoms with Crippen LogP contribution in [0.1, 0.15) is 36.6 Å². The van der Waals surface area contributed by atoms with E-state index in [-0.39, 0.29) is 0 Å². The molecule has 0 atom stereocenters. The Labute approximate surface area is 202 Å². The van der Waals surface area contributed by atoms with Crippen molar-refractivity contribution in [3.63, 3.8) is 0 Å². The molecule has 34 heavy (non-hydrogen) atoms. The molecule has 4 rings (SSSR count). The number of benzene rings is 2. The predicted octanol–water partition coefficient (Wildman–Crippen LogP) is 5.80. The van der Waals surface area contributed by atoms with Crippen LogP contribution in [-0.2, 0) is 24.4 Å². The minimum atomic E-state index is -0.888. The van der Waals surface area contributed by atoms with Gasteiger partial charge >= 0.3 is 5.97 Å². The fourth-order valence-corrected chi connectivity index (χ4v) is 4.33. The molecule has 1 N–H and O–H groups in total. The highest BCUT2D eigenvalue weighted by molar-refractivity contribution is 8.01. The first-order valence-corrected chi connectivity index (χ1v) is 11.8. The van der Waals surface area contributed by atoms with Gasteiger partial charge in [0.05, 0.1) is 19.4 Å². The van der Waals surface area contributed by atoms with Crippen molar-refractivity contribution in [3.05, 3.63) is 89.6 Å². The van der Waals surface area contributed by atoms with Gasteiger partial charge in [0.25, 0.3) is 5.89 Å². The predicted molar refractivity (Wildman–Crippen MR) is 130 cm³/mol. The number of thioether (sulfide) groups is 1. The van der Waals surface area contributed by atoms with E-state index >= 15 is 0 Å². The highest BCUT2D eigenvalue weighted by atomic mass is 32.2. The SMILES string of the molecule is Cc1ccc(-c2nc(CN(Cc3ccc(SC(C)(C)C(=O)O)cc3)Cc3ccco3)no2)cc1. The molecule has 0 aliphatic heterocycles. The second-order valence-corrected chi connectivity index (χ2v) is 10.4. The van der Waals surface area contributed by atoms with Gasteiger partial charge in [-0.1, -0.05) is 35.0 Å². The van der Waals surface area contributed by atoms with Crippen LogP contribution >= 0.6 is 11.8 Å². The number of furan rings is 1. The van der Waals surface area contributed by atoms with Crippen LogP contribution in [0.4, 0.5) is 0 Å². The molecule has 0 saturated heterocycles. The first-order valence-electron chi connectivity index (χ1n) is 10.9. The summed E-state index contributed by atoms with van der Waals surface area (Å²) in [5.74, 6) is 1.10. The van der Waals surface area contributed by atoms with Gasteiger partial charge in [-0.2, -0.15) is 4.98 Å². The Morgan fingerprint density at radius 2 is 1.76 bits per heavy atom. The van der Waals surface area contributed by atoms with E-state index in [0.29, 0.717) is 31.3 Å². The van der Waals surface area contributed by atoms with Crippen LogP contribution in [-0.4, -0.2) is 30.9 Å². The molecule has 0 fully saturated rings. The second kappa shape index (κ2) is 10.3. The molecular formula is C26H27N3O4S. The summed E-state index contributed by atoms with van der Waals surface area (Å²) in [6, 6.07) is 19.7. The number of aliphatic carboxylic acids is 1. The second-order valence-electron chi connectivity index (χ2n) is 8.67. The van der Waals surface area contributed by atoms with E-state index in [1.807, 2.05) is 67.6 Å². The zero-order chi connectivity index (χ0) is 24.1. The van der Waals surface area contributed by atoms with Crippen molar-refractivity contribution in [2.45, 2.75) is 50.0 Å². The minimum Gasteiger partial charge on any atom is -0.480 e. The van der Waals surface area contributed by atoms with Crippen molar-refractivity contribution in [1.82, 2.24) is 15.0 Å². The Balaban J connectivity index is 1.47. The first-order chi connectivity index (χ1) is 16.3. The third kappa shape index (κ3) is 6.15. The molecule has 2 aromatic heterocycles. The third-order valence-electron chi connectivity index (χ3n) is 5.31. The molecule has 4 aromatic rings. The molecule has 0 spiro atoms. The lowest BCUT2D eigenvalue weighted by molar-refractivity contribution is -0.138. The summed E-state index contributed by atoms with van der Waals surface area (Å²) >= 11 is 1.33. The molecule has 0 aliphatic carbocycles. The smallest absolute Gasteiger partial charge is 0.319 e. The molecule has 0 bridgehead atoms. The zero-order valence-corrected chi connectivity index (χ0v) is 20.2. The van der Waals surface area contributed by atoms with Crippen LogP contribution in [0, 0.1) is 6.92 Å². The van der Waals surface area contributed by atoms with Gasteiger partial charge in [0.1, 0.15) is 10.5 Å². The standard InChI is InChI=1S/C26H27N3O4S/c1-18-6-10-20(11-7-18)24-27-23(28-33-24)17-29(16-21-5-4-14-32-21)15-19-8-12-22(13-9-19)34-26(2,3)25(30)31/h4-14H,15-17H2,1-3H3,(H,30,31). The number of hydrogen-bond acceptors (Lipinski definition) is 7. The van der Waals surface area contributed by atoms with Gasteiger partial charge in [-0.05, 0) is 62.7 Å². The number of aromatic nitrogens is 2. The van der Waals surface area contributed by atoms with Gasteiger partial charge in [-0.25, -0.2) is 0 Å². The molecule has 7 nitrogen and oxygen atoms in total. The number of carboxylic acids is 1. The zero-order valence-electron chi connectivity index (χ0n) is 19.4. The van der Waals surface area contributed by atoms with E-state index in [0.717, 1.165) is 21.8 Å². The average Bonchev–Trinajstić information content (AvgIpc) is 3.48. The monoisotopic (exact) mass is 477 g/mol. The maximum Gasteiger partial charge on any atom is 0.319 e. The fourth-order valence-electron chi connectivity index (χ4n) is 3.38. The number of hydrogen-bond donors (Lipinski definition) is 1. The average molecular weight is 478 g/mol. The number of aryl methyl sites for hydroxylation is 1. The highest BCUT2D eigenvalue weighted by Gasteiger charge is 2.28. The fraction of sp³-hybridized carbons (Fsp3) is 0.269. The lowest BCUT2D eigenvalue weighted by Gasteiger charge is -2.21. The summed E-state index contributed by atoms with van der Waals surface area (Å²) < 4.78 is 10.2. The summed E-state index contributed by atoms with van der Waals surface area (Å²) in [6.07, 6.45) is 1.66. The molecule has 2 heterocycles. The number of nitrogens with zero attached hydrogens (tertiary/aromatic N) is 3. The molecule has 8 heteroatoms. The number of carboxylic acid groups (broad SMARTS) is 1. The Morgan fingerprint density at radius 3 is 2.41 bits per heavy atom. The van der Waals surface area contributed by atoms with Gasteiger partial charge in [0, 0.05) is 17.0 Å². The van der Waals surface area contributed by atoms with Crippen molar-refractivity contribution in [2.75, 3.05) is 0 Å². The van der Waals surface area contributed by atoms with Crippen molar-refractivity contribution < 1.29 is 18.8 Å². The molecule has 0 saturated carbocycles. The maximum atomic E-state index is 11.4. The summed E-state index contributed by atoms with van der Waals surface area (Å²) in [4.78, 5) is 19.1. The Hall–Kier alpha value is -3.36. The number of carbonyl (C=O) groups is 1. The van der Waals surface area contributed by atoms with E-state index in [4.69, 9.17) is 8.94 Å². The maximum absolute atomic E-state index is 11.4. The van der Waals surface area contributed by atoms with Gasteiger partial charge in [-0.3, -0.25) is 9.69 Å². The Bertz CT molecular complexity index is 1220. The summed E-state index contributed by atoms with van der Waals surface area (Å²) in [5, 5.41) is 13.5. The van der Waals surface area contributed by atoms with E-state index < -0.39 is 10.7 Å². The van der Waals surface area contributed by atoms with Crippen LogP contribution in [0.25, 0.3) is 11.5 Å². The lowest BCUT2D eigenvalue weighted by Crippen LogP contribution is -2.26. The van der Waals surface area contributed by atoms with Crippen LogP contribution < -0.4 is 0 Å². The molecule has 2 aromatic carbocycles. The third-order valence-corrected chi connectivity index (χ3v) is 6.50. The topological polar surface area (TPSA) is 92.6 Å². The highest BCUT2D eigenvalue weighted by Crippen LogP contribution is 2.33. The number of rotatable bonds is 10. The van der Waals surface area contributed by atoms with Crippen LogP contribution in [0.15, 0.2) is 80.8 Å². The van der Waals surface area contributed by atoms with Gasteiger partial charge in [0.15, 0.2) is 5.82 Å². The van der Waals surface area contributed by atoms with Crippen LogP contribution in [0.5, 0.6) is 0 Å². The minimum absolute atomic E-state index is 0.485. The largest absolute Gasteiger partial charge is 0.480 e. The van der Waals surface area contributed by atoms with Crippen molar-refractivity contribution in [3.8, 4) is 11.5 Å². The Morgan fingerprint density at radius 1 is 1.03 bits per heavy atom. The van der Waals surface area contributed by atoms with Gasteiger partial charge in [0.2, 0.25) is 0 Å². The summed E-state index contributed by atoms with van der Waals surface area (Å²) in [7, 11) is 0. The van der Waals surface area contributed by atoms with E-state index in [9.17, 15) is 9.90 Å². The Kier molecular flexibility index (Phi) is 7.19. The van der Waals surface area contributed by atoms with E-state index in [1.54, 1.807) is 20.1 Å². The molecular weight excluding hydrogens is 450 g/mol. The van der Waals surface area contributed by atoms with Gasteiger partial charge < -0.3 is 14.0 Å². The van der Waals surface area contributed by atoms with Gasteiger partial charge in [-0.15, -0.1) is 11.8 Å². The summed E-state index contributed by atoms with van der Waals surface area (Å²) in [5.41, 5.74) is 3.15. The van der Waals surface area contributed by atoms with Crippen molar-refractivity contribution >= 4 is 17.7 Å². The van der Waals surface area contributed by atoms with Crippen LogP contribution in [0.2, 0.25) is 0 Å². The molecule has 0 amide bonds. The van der Waals surface area contributed by atoms with Crippen LogP contribution in [0.3, 0.4) is 0 Å². The van der Waals surface area contributed by atoms with Crippen molar-refractivity contribution in [1.29, 1.82) is 0 Å². The first kappa shape index (κ1) is 23.8. The molecule has 0 aliphatic rings. The molecule has 0 unspecified atom stereocenters. The lowest BCUT2D eigenvalue weighted by atomic mass is 10.1. The normalized spacial score (nSPS) is 11.8. The van der Waals surface area contributed by atoms with E-state index in [1.165, 1.54) is 17.3 Å². The molecule has 0 radical (unpaired) electrons. The quantitative estimate of drug-likeness (QED) is 0.287.